The monoisotopic (exact) mass is 598 g/mol. The molecule has 0 radical (unpaired) electrons. The third-order valence-corrected chi connectivity index (χ3v) is 11.8. The van der Waals surface area contributed by atoms with Gasteiger partial charge in [-0.25, -0.2) is 0 Å². The van der Waals surface area contributed by atoms with Crippen LogP contribution in [0.15, 0.2) is 28.7 Å². The minimum Gasteiger partial charge on any atom is -0.481 e. The Morgan fingerprint density at radius 3 is 2.46 bits per heavy atom. The number of carboxylic acids is 1. The van der Waals surface area contributed by atoms with Gasteiger partial charge in [-0.3, -0.25) is 4.79 Å². The molecule has 0 heterocycles. The van der Waals surface area contributed by atoms with Gasteiger partial charge in [-0.1, -0.05) is 54.4 Å². The number of hydrogen-bond acceptors (Lipinski definition) is 4. The first-order valence-corrected chi connectivity index (χ1v) is 15.2. The largest absolute Gasteiger partial charge is 0.481 e. The van der Waals surface area contributed by atoms with Gasteiger partial charge in [0, 0.05) is 15.9 Å². The summed E-state index contributed by atoms with van der Waals surface area (Å²) in [5, 5.41) is 42.8. The van der Waals surface area contributed by atoms with Crippen molar-refractivity contribution in [2.45, 2.75) is 96.9 Å². The van der Waals surface area contributed by atoms with Gasteiger partial charge in [-0.2, -0.15) is 0 Å². The second kappa shape index (κ2) is 11.4. The number of fused-ring (bicyclic) bond motifs is 5. The fraction of sp³-hybridized carbons (Fsp3) is 0.767. The van der Waals surface area contributed by atoms with Crippen molar-refractivity contribution in [3.63, 3.8) is 0 Å². The first-order chi connectivity index (χ1) is 17.4. The summed E-state index contributed by atoms with van der Waals surface area (Å²) in [6.07, 6.45) is 6.00. The third-order valence-electron chi connectivity index (χ3n) is 11.1. The zero-order valence-corrected chi connectivity index (χ0v) is 24.7. The Morgan fingerprint density at radius 2 is 1.84 bits per heavy atom. The number of aliphatic carboxylic acids is 1. The van der Waals surface area contributed by atoms with Gasteiger partial charge in [-0.05, 0) is 116 Å². The Hall–Kier alpha value is -0.660. The smallest absolute Gasteiger partial charge is 0.303 e. The molecule has 0 amide bonds. The molecule has 5 rings (SSSR count). The lowest BCUT2D eigenvalue weighted by Crippen LogP contribution is -2.62. The molecule has 0 aliphatic heterocycles. The van der Waals surface area contributed by atoms with E-state index in [9.17, 15) is 20.1 Å². The van der Waals surface area contributed by atoms with Crippen molar-refractivity contribution in [1.82, 2.24) is 0 Å². The van der Waals surface area contributed by atoms with Crippen LogP contribution >= 0.6 is 27.5 Å². The highest BCUT2D eigenvalue weighted by Gasteiger charge is 2.65. The highest BCUT2D eigenvalue weighted by Crippen LogP contribution is 2.68. The third kappa shape index (κ3) is 5.66. The Balaban J connectivity index is 0.000000342. The predicted molar refractivity (Wildman–Crippen MR) is 149 cm³/mol. The molecule has 7 heteroatoms. The zero-order valence-electron chi connectivity index (χ0n) is 22.3. The summed E-state index contributed by atoms with van der Waals surface area (Å²) in [5.41, 5.74) is -0.143. The average molecular weight is 600 g/mol. The molecule has 4 fully saturated rings. The van der Waals surface area contributed by atoms with E-state index in [-0.39, 0.29) is 41.3 Å². The van der Waals surface area contributed by atoms with Crippen LogP contribution in [-0.4, -0.2) is 44.7 Å². The molecule has 208 valence electrons. The Morgan fingerprint density at radius 1 is 1.11 bits per heavy atom. The fourth-order valence-electron chi connectivity index (χ4n) is 9.14. The average Bonchev–Trinajstić information content (AvgIpc) is 3.18. The van der Waals surface area contributed by atoms with Gasteiger partial charge >= 0.3 is 5.97 Å². The van der Waals surface area contributed by atoms with Crippen molar-refractivity contribution in [3.05, 3.63) is 33.8 Å². The van der Waals surface area contributed by atoms with E-state index in [1.807, 2.05) is 24.3 Å². The zero-order chi connectivity index (χ0) is 27.1. The van der Waals surface area contributed by atoms with Crippen LogP contribution in [0.3, 0.4) is 0 Å². The van der Waals surface area contributed by atoms with Crippen molar-refractivity contribution >= 4 is 33.5 Å². The van der Waals surface area contributed by atoms with Gasteiger partial charge in [0.05, 0.1) is 18.3 Å². The minimum absolute atomic E-state index is 0.0957. The molecule has 0 saturated heterocycles. The van der Waals surface area contributed by atoms with Crippen LogP contribution in [0.25, 0.3) is 0 Å². The number of carbonyl (C=O) groups is 1. The molecule has 4 saturated carbocycles. The summed E-state index contributed by atoms with van der Waals surface area (Å²) < 4.78 is 1.02. The summed E-state index contributed by atoms with van der Waals surface area (Å²) in [5.74, 6) is 0.997. The molecule has 4 aliphatic rings. The van der Waals surface area contributed by atoms with Crippen LogP contribution in [0, 0.1) is 46.3 Å². The maximum Gasteiger partial charge on any atom is 0.303 e. The van der Waals surface area contributed by atoms with E-state index in [0.29, 0.717) is 30.1 Å². The number of benzene rings is 1. The van der Waals surface area contributed by atoms with Gasteiger partial charge in [0.2, 0.25) is 0 Å². The summed E-state index contributed by atoms with van der Waals surface area (Å²) in [7, 11) is 0. The second-order valence-electron chi connectivity index (χ2n) is 12.9. The maximum atomic E-state index is 11.5. The van der Waals surface area contributed by atoms with Crippen LogP contribution in [0.4, 0.5) is 0 Å². The first kappa shape index (κ1) is 29.3. The maximum absolute atomic E-state index is 11.5. The van der Waals surface area contributed by atoms with Crippen LogP contribution in [0.2, 0.25) is 5.02 Å². The number of aliphatic hydroxyl groups is 3. The van der Waals surface area contributed by atoms with Gasteiger partial charge in [-0.15, -0.1) is 0 Å². The lowest BCUT2D eigenvalue weighted by molar-refractivity contribution is -0.207. The molecule has 0 aromatic heterocycles. The SMILES string of the molecule is C[C@H](CCC(=O)O)[C@H]1CC[C@H]2[C@@H]3[C@H](O)C[C@@H]4C[C@H](O)CC[C@]4(C)[C@H]3C[C@H](O)[C@]12C.Clc1cccc(Br)c1. The Bertz CT molecular complexity index is 942. The molecule has 0 unspecified atom stereocenters. The van der Waals surface area contributed by atoms with E-state index < -0.39 is 12.1 Å². The van der Waals surface area contributed by atoms with E-state index in [2.05, 4.69) is 36.7 Å². The molecule has 4 N–H and O–H groups in total. The van der Waals surface area contributed by atoms with Crippen molar-refractivity contribution in [2.24, 2.45) is 46.3 Å². The lowest BCUT2D eigenvalue weighted by atomic mass is 9.43. The molecular formula is C30H44BrClO5. The summed E-state index contributed by atoms with van der Waals surface area (Å²) in [6, 6.07) is 7.52. The molecule has 11 atom stereocenters. The van der Waals surface area contributed by atoms with Crippen LogP contribution in [-0.2, 0) is 4.79 Å². The number of hydrogen-bond donors (Lipinski definition) is 4. The van der Waals surface area contributed by atoms with Crippen LogP contribution < -0.4 is 0 Å². The summed E-state index contributed by atoms with van der Waals surface area (Å²) in [6.45, 7) is 6.72. The van der Waals surface area contributed by atoms with E-state index in [0.717, 1.165) is 54.4 Å². The molecule has 37 heavy (non-hydrogen) atoms. The molecular weight excluding hydrogens is 556 g/mol. The van der Waals surface area contributed by atoms with Crippen molar-refractivity contribution in [3.8, 4) is 0 Å². The van der Waals surface area contributed by atoms with E-state index in [1.165, 1.54) is 0 Å². The van der Waals surface area contributed by atoms with Crippen LogP contribution in [0.1, 0.15) is 78.6 Å². The Labute approximate surface area is 235 Å². The van der Waals surface area contributed by atoms with Crippen molar-refractivity contribution < 1.29 is 25.2 Å². The molecule has 5 nitrogen and oxygen atoms in total. The van der Waals surface area contributed by atoms with Crippen molar-refractivity contribution in [2.75, 3.05) is 0 Å². The van der Waals surface area contributed by atoms with Crippen molar-refractivity contribution in [1.29, 1.82) is 0 Å². The highest BCUT2D eigenvalue weighted by molar-refractivity contribution is 9.10. The van der Waals surface area contributed by atoms with E-state index in [4.69, 9.17) is 16.7 Å². The lowest BCUT2D eigenvalue weighted by Gasteiger charge is -2.63. The van der Waals surface area contributed by atoms with Gasteiger partial charge in [0.1, 0.15) is 0 Å². The highest BCUT2D eigenvalue weighted by atomic mass is 79.9. The minimum atomic E-state index is -0.748. The van der Waals surface area contributed by atoms with Gasteiger partial charge in [0.25, 0.3) is 0 Å². The second-order valence-corrected chi connectivity index (χ2v) is 14.2. The summed E-state index contributed by atoms with van der Waals surface area (Å²) in [4.78, 5) is 11.1. The number of rotatable bonds is 4. The normalized spacial score (nSPS) is 43.5. The van der Waals surface area contributed by atoms with Gasteiger partial charge < -0.3 is 20.4 Å². The van der Waals surface area contributed by atoms with Gasteiger partial charge in [0.15, 0.2) is 0 Å². The molecule has 4 aliphatic carbocycles. The topological polar surface area (TPSA) is 98.0 Å². The predicted octanol–water partition coefficient (Wildman–Crippen LogP) is 6.55. The standard InChI is InChI=1S/C24H40O5.C6H4BrCl/c1-13(4-7-21(28)29)16-5-6-17-22-18(12-20(27)24(16,17)3)23(2)9-8-15(25)10-14(23)11-19(22)26;7-5-2-1-3-6(8)4-5/h13-20,22,25-27H,4-12H2,1-3H3,(H,28,29);1-4H/t13-,14+,15-,16-,17+,18+,19-,20+,22+,23+,24-;/m1./s1. The van der Waals surface area contributed by atoms with Crippen LogP contribution in [0.5, 0.6) is 0 Å². The molecule has 1 aromatic rings. The van der Waals surface area contributed by atoms with E-state index in [1.54, 1.807) is 0 Å². The number of carboxylic acid groups (broad SMARTS) is 1. The first-order valence-electron chi connectivity index (χ1n) is 14.0. The quantitative estimate of drug-likeness (QED) is 0.315. The molecule has 0 bridgehead atoms. The fourth-order valence-corrected chi connectivity index (χ4v) is 9.87. The number of aliphatic hydroxyl groups excluding tert-OH is 3. The molecule has 0 spiro atoms. The number of halogens is 2. The summed E-state index contributed by atoms with van der Waals surface area (Å²) >= 11 is 8.89. The van der Waals surface area contributed by atoms with E-state index >= 15 is 0 Å². The molecule has 1 aromatic carbocycles. The Kier molecular flexibility index (Phi) is 9.07.